The highest BCUT2D eigenvalue weighted by molar-refractivity contribution is 5.70. The predicted molar refractivity (Wildman–Crippen MR) is 184 cm³/mol. The van der Waals surface area contributed by atoms with Crippen molar-refractivity contribution in [3.05, 3.63) is 12.2 Å². The minimum Gasteiger partial charge on any atom is -0.462 e. The Bertz CT molecular complexity index is 785. The summed E-state index contributed by atoms with van der Waals surface area (Å²) in [5.74, 6) is -0.118. The van der Waals surface area contributed by atoms with Gasteiger partial charge in [0.15, 0.2) is 6.10 Å². The van der Waals surface area contributed by atoms with E-state index in [2.05, 4.69) is 20.8 Å². The van der Waals surface area contributed by atoms with Crippen LogP contribution < -0.4 is 0 Å². The van der Waals surface area contributed by atoms with Gasteiger partial charge in [0.05, 0.1) is 24.9 Å². The second kappa shape index (κ2) is 27.5. The third-order valence-electron chi connectivity index (χ3n) is 9.34. The Labute approximate surface area is 280 Å². The van der Waals surface area contributed by atoms with Gasteiger partial charge in [-0.2, -0.15) is 0 Å². The number of hydrogen-bond donors (Lipinski definition) is 4. The first-order valence-corrected chi connectivity index (χ1v) is 18.9. The van der Waals surface area contributed by atoms with Gasteiger partial charge in [-0.1, -0.05) is 129 Å². The molecule has 1 saturated carbocycles. The second-order valence-corrected chi connectivity index (χ2v) is 14.1. The van der Waals surface area contributed by atoms with Gasteiger partial charge in [-0.15, -0.1) is 0 Å². The summed E-state index contributed by atoms with van der Waals surface area (Å²) < 4.78 is 10.6. The van der Waals surface area contributed by atoms with Crippen LogP contribution in [0.1, 0.15) is 162 Å². The Balaban J connectivity index is 2.12. The number of carbonyl (C=O) groups excluding carboxylic acids is 2. The number of hydrogen-bond acceptors (Lipinski definition) is 8. The van der Waals surface area contributed by atoms with Crippen molar-refractivity contribution >= 4 is 11.9 Å². The molecular weight excluding hydrogens is 584 g/mol. The molecule has 1 aliphatic rings. The quantitative estimate of drug-likeness (QED) is 0.0369. The fourth-order valence-corrected chi connectivity index (χ4v) is 6.42. The van der Waals surface area contributed by atoms with E-state index < -0.39 is 37.0 Å². The van der Waals surface area contributed by atoms with Crippen LogP contribution >= 0.6 is 0 Å². The number of carbonyl (C=O) groups is 2. The van der Waals surface area contributed by atoms with Gasteiger partial charge in [-0.05, 0) is 37.5 Å². The monoisotopic (exact) mass is 655 g/mol. The summed E-state index contributed by atoms with van der Waals surface area (Å²) in [5, 5.41) is 40.7. The standard InChI is InChI=1S/C38H70O8/c1-4-5-15-21-31(40)25-26-34-33(35(41)27-36(34)42)22-17-13-14-19-24-38(44)46-32(28-39)29-45-37(43)23-18-12-10-8-6-7-9-11-16-20-30(2)3/h25-26,30-36,39-42H,4-24,27-29H2,1-3H3/b26-25+/t31-,32-,33+,34+,35-,36+/m0/s1. The third-order valence-corrected chi connectivity index (χ3v) is 9.34. The fourth-order valence-electron chi connectivity index (χ4n) is 6.42. The Hall–Kier alpha value is -1.48. The zero-order chi connectivity index (χ0) is 34.0. The molecule has 270 valence electrons. The summed E-state index contributed by atoms with van der Waals surface area (Å²) >= 11 is 0. The van der Waals surface area contributed by atoms with Crippen molar-refractivity contribution in [2.24, 2.45) is 17.8 Å². The zero-order valence-electron chi connectivity index (χ0n) is 29.6. The molecule has 0 bridgehead atoms. The molecule has 0 saturated heterocycles. The van der Waals surface area contributed by atoms with E-state index >= 15 is 0 Å². The molecule has 46 heavy (non-hydrogen) atoms. The first-order chi connectivity index (χ1) is 22.2. The summed E-state index contributed by atoms with van der Waals surface area (Å²) in [6, 6.07) is 0. The Morgan fingerprint density at radius 1 is 0.761 bits per heavy atom. The van der Waals surface area contributed by atoms with Crippen LogP contribution in [-0.2, 0) is 19.1 Å². The molecule has 0 heterocycles. The maximum atomic E-state index is 12.3. The van der Waals surface area contributed by atoms with Crippen molar-refractivity contribution in [3.8, 4) is 0 Å². The van der Waals surface area contributed by atoms with Gasteiger partial charge in [0.25, 0.3) is 0 Å². The summed E-state index contributed by atoms with van der Waals surface area (Å²) in [5.41, 5.74) is 0. The fraction of sp³-hybridized carbons (Fsp3) is 0.895. The van der Waals surface area contributed by atoms with E-state index in [0.717, 1.165) is 70.1 Å². The molecule has 0 amide bonds. The van der Waals surface area contributed by atoms with Crippen LogP contribution in [-0.4, -0.2) is 70.0 Å². The van der Waals surface area contributed by atoms with Gasteiger partial charge >= 0.3 is 11.9 Å². The number of ether oxygens (including phenoxy) is 2. The van der Waals surface area contributed by atoms with Crippen molar-refractivity contribution < 1.29 is 39.5 Å². The zero-order valence-corrected chi connectivity index (χ0v) is 29.6. The van der Waals surface area contributed by atoms with Crippen molar-refractivity contribution in [2.45, 2.75) is 186 Å². The third kappa shape index (κ3) is 21.4. The number of aliphatic hydroxyl groups is 4. The van der Waals surface area contributed by atoms with Crippen LogP contribution in [0.2, 0.25) is 0 Å². The van der Waals surface area contributed by atoms with E-state index in [1.807, 2.05) is 6.08 Å². The average Bonchev–Trinajstić information content (AvgIpc) is 3.29. The first-order valence-electron chi connectivity index (χ1n) is 18.9. The normalized spacial score (nSPS) is 21.2. The van der Waals surface area contributed by atoms with Crippen LogP contribution in [0.15, 0.2) is 12.2 Å². The van der Waals surface area contributed by atoms with Gasteiger partial charge in [-0.25, -0.2) is 0 Å². The highest BCUT2D eigenvalue weighted by Crippen LogP contribution is 2.37. The molecular formula is C38H70O8. The molecule has 8 heteroatoms. The van der Waals surface area contributed by atoms with Gasteiger partial charge in [0, 0.05) is 25.2 Å². The molecule has 0 unspecified atom stereocenters. The molecule has 0 aromatic heterocycles. The summed E-state index contributed by atoms with van der Waals surface area (Å²) in [4.78, 5) is 24.4. The predicted octanol–water partition coefficient (Wildman–Crippen LogP) is 7.58. The van der Waals surface area contributed by atoms with Crippen LogP contribution in [0.3, 0.4) is 0 Å². The van der Waals surface area contributed by atoms with Crippen molar-refractivity contribution in [1.29, 1.82) is 0 Å². The smallest absolute Gasteiger partial charge is 0.306 e. The average molecular weight is 655 g/mol. The Kier molecular flexibility index (Phi) is 25.4. The first kappa shape index (κ1) is 42.5. The molecule has 0 spiro atoms. The molecule has 4 N–H and O–H groups in total. The summed E-state index contributed by atoms with van der Waals surface area (Å²) in [7, 11) is 0. The highest BCUT2D eigenvalue weighted by Gasteiger charge is 2.39. The van der Waals surface area contributed by atoms with E-state index in [1.54, 1.807) is 6.08 Å². The molecule has 0 aromatic carbocycles. The van der Waals surface area contributed by atoms with Crippen LogP contribution in [0, 0.1) is 17.8 Å². The van der Waals surface area contributed by atoms with Crippen molar-refractivity contribution in [1.82, 2.24) is 0 Å². The molecule has 1 aliphatic carbocycles. The lowest BCUT2D eigenvalue weighted by Crippen LogP contribution is -2.28. The molecule has 6 atom stereocenters. The topological polar surface area (TPSA) is 134 Å². The lowest BCUT2D eigenvalue weighted by Gasteiger charge is -2.21. The molecule has 0 aliphatic heterocycles. The minimum absolute atomic E-state index is 0.0359. The number of rotatable bonds is 29. The van der Waals surface area contributed by atoms with Crippen molar-refractivity contribution in [3.63, 3.8) is 0 Å². The maximum Gasteiger partial charge on any atom is 0.306 e. The van der Waals surface area contributed by atoms with E-state index in [0.29, 0.717) is 25.7 Å². The van der Waals surface area contributed by atoms with E-state index in [-0.39, 0.29) is 30.8 Å². The van der Waals surface area contributed by atoms with Gasteiger partial charge in [0.2, 0.25) is 0 Å². The summed E-state index contributed by atoms with van der Waals surface area (Å²) in [6.07, 6.45) is 22.0. The molecule has 1 rings (SSSR count). The van der Waals surface area contributed by atoms with Gasteiger partial charge < -0.3 is 29.9 Å². The van der Waals surface area contributed by atoms with E-state index in [1.165, 1.54) is 44.9 Å². The largest absolute Gasteiger partial charge is 0.462 e. The number of esters is 2. The minimum atomic E-state index is -0.845. The van der Waals surface area contributed by atoms with Crippen LogP contribution in [0.25, 0.3) is 0 Å². The van der Waals surface area contributed by atoms with Crippen LogP contribution in [0.4, 0.5) is 0 Å². The van der Waals surface area contributed by atoms with Gasteiger partial charge in [0.1, 0.15) is 6.61 Å². The Morgan fingerprint density at radius 2 is 1.33 bits per heavy atom. The van der Waals surface area contributed by atoms with Gasteiger partial charge in [-0.3, -0.25) is 9.59 Å². The number of aliphatic hydroxyl groups excluding tert-OH is 4. The SMILES string of the molecule is CCCCC[C@H](O)/C=C/[C@@H]1[C@@H](CCCCCCC(=O)O[C@@H](CO)COC(=O)CCCCCCCCCCCC(C)C)[C@@H](O)C[C@H]1O. The lowest BCUT2D eigenvalue weighted by molar-refractivity contribution is -0.161. The highest BCUT2D eigenvalue weighted by atomic mass is 16.6. The number of unbranched alkanes of at least 4 members (excludes halogenated alkanes) is 13. The lowest BCUT2D eigenvalue weighted by atomic mass is 9.88. The van der Waals surface area contributed by atoms with E-state index in [4.69, 9.17) is 9.47 Å². The Morgan fingerprint density at radius 3 is 1.93 bits per heavy atom. The molecule has 1 fully saturated rings. The molecule has 0 aromatic rings. The van der Waals surface area contributed by atoms with E-state index in [9.17, 15) is 30.0 Å². The summed E-state index contributed by atoms with van der Waals surface area (Å²) in [6.45, 7) is 6.17. The molecule has 8 nitrogen and oxygen atoms in total. The van der Waals surface area contributed by atoms with Crippen LogP contribution in [0.5, 0.6) is 0 Å². The van der Waals surface area contributed by atoms with Crippen molar-refractivity contribution in [2.75, 3.05) is 13.2 Å². The maximum absolute atomic E-state index is 12.3. The molecule has 0 radical (unpaired) electrons. The second-order valence-electron chi connectivity index (χ2n) is 14.1.